The number of anilines is 3. The standard InChI is InChI=1S/C49H37NO/c1-49(2)44-20-10-16-37-26-31-42(36-14-7-4-8-15-36)47(46(37)44)43-19-11-21-45(48(43)49)50(39-27-22-34(23-28-39)33-12-5-3-6-13-33)40-29-24-35(25-30-40)38-17-9-18-41(51)32-38/h3-32,51H,1-2H3/i1D3,2D3,3D,4D,5D,6D,7D,8D,9D,10D,11D,12D,13D,14D,15D,16D,17D,18D,19D,20D,21D,22D,23D,24D,25D,26D,27D,28D,29D,30D,31D,32D. The molecule has 1 aliphatic carbocycles. The van der Waals surface area contributed by atoms with Crippen LogP contribution >= 0.6 is 0 Å². The Kier molecular flexibility index (Phi) is 2.58. The Morgan fingerprint density at radius 3 is 1.78 bits per heavy atom. The maximum atomic E-state index is 10.8. The van der Waals surface area contributed by atoms with Crippen LogP contribution in [0.3, 0.4) is 0 Å². The van der Waals surface area contributed by atoms with Crippen molar-refractivity contribution in [1.29, 1.82) is 0 Å². The average Bonchev–Trinajstić information content (AvgIpc) is 0.656. The van der Waals surface area contributed by atoms with Gasteiger partial charge in [-0.2, -0.15) is 0 Å². The molecule has 1 aliphatic rings. The third-order valence-corrected chi connectivity index (χ3v) is 7.80. The number of hydrogen-bond donors (Lipinski definition) is 1. The summed E-state index contributed by atoms with van der Waals surface area (Å²) in [4.78, 5) is 0.0162. The van der Waals surface area contributed by atoms with Gasteiger partial charge in [0.1, 0.15) is 5.75 Å². The molecule has 0 heterocycles. The molecule has 2 nitrogen and oxygen atoms in total. The molecule has 0 spiro atoms. The summed E-state index contributed by atoms with van der Waals surface area (Å²) in [6.07, 6.45) is 0. The number of aromatic hydroxyl groups is 1. The Balaban J connectivity index is 1.68. The molecule has 51 heavy (non-hydrogen) atoms. The van der Waals surface area contributed by atoms with E-state index in [9.17, 15) is 32.5 Å². The summed E-state index contributed by atoms with van der Waals surface area (Å²) in [5, 5.41) is 8.66. The normalized spacial score (nSPS) is 23.2. The van der Waals surface area contributed by atoms with Crippen molar-refractivity contribution in [3.8, 4) is 50.3 Å². The molecule has 244 valence electrons. The lowest BCUT2D eigenvalue weighted by molar-refractivity contribution is 0.475. The fourth-order valence-corrected chi connectivity index (χ4v) is 5.65. The fourth-order valence-electron chi connectivity index (χ4n) is 5.65. The Morgan fingerprint density at radius 2 is 1.10 bits per heavy atom. The SMILES string of the molecule is [2H]c1c([2H])c([2H])c(-c2c([2H])c([2H])c(N(c3c([2H])c([2H])c(-c4c([2H])c([2H])c([2H])c(O)c4[2H])c([2H])c3[2H])c3c([2H])c([2H])c([2H])c4c3C(C([2H])([2H])[2H])(C([2H])([2H])[2H])c3c([2H])c([2H])c([2H])c5c([2H])c([2H])c(-c6c([2H])c([2H])c([2H])c([2H])c6[2H])c-4c35)c([2H])c2[2H])c([2H])c1[2H]. The molecule has 0 radical (unpaired) electrons. The fraction of sp³-hybridized carbons (Fsp3) is 0.0612. The van der Waals surface area contributed by atoms with Crippen molar-refractivity contribution in [3.05, 3.63) is 192 Å². The first kappa shape index (κ1) is 10.8. The number of benzene rings is 8. The highest BCUT2D eigenvalue weighted by molar-refractivity contribution is 6.10. The lowest BCUT2D eigenvalue weighted by Gasteiger charge is -2.40. The third-order valence-electron chi connectivity index (χ3n) is 7.80. The highest BCUT2D eigenvalue weighted by Gasteiger charge is 2.38. The van der Waals surface area contributed by atoms with Crippen molar-refractivity contribution in [1.82, 2.24) is 0 Å². The quantitative estimate of drug-likeness (QED) is 0.188. The van der Waals surface area contributed by atoms with Gasteiger partial charge in [0.05, 0.1) is 46.8 Å². The molecule has 0 saturated heterocycles. The highest BCUT2D eigenvalue weighted by atomic mass is 16.3. The molecule has 2 heteroatoms. The van der Waals surface area contributed by atoms with Gasteiger partial charge in [-0.25, -0.2) is 0 Å². The predicted octanol–water partition coefficient (Wildman–Crippen LogP) is 13.3. The predicted molar refractivity (Wildman–Crippen MR) is 214 cm³/mol. The molecule has 8 aromatic rings. The van der Waals surface area contributed by atoms with E-state index in [1.165, 1.54) is 0 Å². The van der Waals surface area contributed by atoms with Crippen molar-refractivity contribution in [2.75, 3.05) is 4.90 Å². The van der Waals surface area contributed by atoms with Gasteiger partial charge in [0.15, 0.2) is 0 Å². The van der Waals surface area contributed by atoms with E-state index in [0.717, 1.165) is 0 Å². The Labute approximate surface area is 350 Å². The monoisotopic (exact) mass is 692 g/mol. The van der Waals surface area contributed by atoms with Crippen LogP contribution in [0.5, 0.6) is 5.75 Å². The third kappa shape index (κ3) is 5.19. The topological polar surface area (TPSA) is 23.5 Å². The van der Waals surface area contributed by atoms with Crippen LogP contribution in [0.25, 0.3) is 55.3 Å². The van der Waals surface area contributed by atoms with Gasteiger partial charge in [0, 0.05) is 25.0 Å². The van der Waals surface area contributed by atoms with E-state index in [1.54, 1.807) is 0 Å². The van der Waals surface area contributed by atoms with Gasteiger partial charge < -0.3 is 10.0 Å². The van der Waals surface area contributed by atoms with Crippen LogP contribution < -0.4 is 4.90 Å². The van der Waals surface area contributed by atoms with Crippen molar-refractivity contribution < 1.29 is 54.5 Å². The van der Waals surface area contributed by atoms with E-state index in [1.807, 2.05) is 0 Å². The summed E-state index contributed by atoms with van der Waals surface area (Å²) in [5.74, 6) is -1.31. The van der Waals surface area contributed by atoms with E-state index in [2.05, 4.69) is 0 Å². The van der Waals surface area contributed by atoms with E-state index in [4.69, 9.17) is 21.9 Å². The summed E-state index contributed by atoms with van der Waals surface area (Å²) in [7, 11) is 0. The highest BCUT2D eigenvalue weighted by Crippen LogP contribution is 2.55. The lowest BCUT2D eigenvalue weighted by atomic mass is 9.66. The molecule has 0 unspecified atom stereocenters. The first-order valence-corrected chi connectivity index (χ1v) is 14.6. The zero-order valence-electron chi connectivity index (χ0n) is 61.4. The van der Waals surface area contributed by atoms with Gasteiger partial charge in [0.2, 0.25) is 0 Å². The zero-order chi connectivity index (χ0) is 65.6. The number of nitrogens with zero attached hydrogens (tertiary/aromatic N) is 1. The van der Waals surface area contributed by atoms with Crippen LogP contribution in [0.2, 0.25) is 0 Å². The number of fused-ring (bicyclic) bond motifs is 2. The molecule has 0 atom stereocenters. The first-order chi connectivity index (χ1) is 40.0. The Bertz CT molecular complexity index is 4210. The maximum absolute atomic E-state index is 10.8. The summed E-state index contributed by atoms with van der Waals surface area (Å²) >= 11 is 0. The van der Waals surface area contributed by atoms with Crippen LogP contribution in [0.15, 0.2) is 181 Å². The van der Waals surface area contributed by atoms with E-state index in [-0.39, 0.29) is 4.90 Å². The van der Waals surface area contributed by atoms with Gasteiger partial charge in [-0.1, -0.05) is 153 Å². The molecule has 0 amide bonds. The van der Waals surface area contributed by atoms with Crippen molar-refractivity contribution in [2.45, 2.75) is 19.1 Å². The lowest BCUT2D eigenvalue weighted by Crippen LogP contribution is -2.27. The summed E-state index contributed by atoms with van der Waals surface area (Å²) in [6, 6.07) is -38.7. The molecule has 0 fully saturated rings. The van der Waals surface area contributed by atoms with E-state index in [0.29, 0.717) is 0 Å². The zero-order valence-corrected chi connectivity index (χ0v) is 25.4. The van der Waals surface area contributed by atoms with Crippen molar-refractivity contribution >= 4 is 27.8 Å². The minimum atomic E-state index is -4.40. The van der Waals surface area contributed by atoms with Crippen molar-refractivity contribution in [3.63, 3.8) is 0 Å². The smallest absolute Gasteiger partial charge is 0.116 e. The number of hydrogen-bond acceptors (Lipinski definition) is 2. The van der Waals surface area contributed by atoms with Gasteiger partial charge in [-0.3, -0.25) is 0 Å². The van der Waals surface area contributed by atoms with Crippen LogP contribution in [-0.2, 0) is 5.41 Å². The number of phenolic OH excluding ortho intramolecular Hbond substituents is 1. The summed E-state index contributed by atoms with van der Waals surface area (Å²) < 4.78 is 329. The molecule has 0 bridgehead atoms. The first-order valence-electron chi connectivity index (χ1n) is 32.6. The largest absolute Gasteiger partial charge is 0.508 e. The number of rotatable bonds is 6. The van der Waals surface area contributed by atoms with Gasteiger partial charge in [0.25, 0.3) is 0 Å². The van der Waals surface area contributed by atoms with E-state index < -0.39 is 290 Å². The molecular formula is C49H37NO. The Hall–Kier alpha value is -6.38. The molecule has 0 saturated carbocycles. The minimum Gasteiger partial charge on any atom is -0.508 e. The summed E-state index contributed by atoms with van der Waals surface area (Å²) in [6.45, 7) is -8.81. The molecule has 9 rings (SSSR count). The van der Waals surface area contributed by atoms with Crippen LogP contribution in [0, 0.1) is 0 Å². The molecule has 1 N–H and O–H groups in total. The van der Waals surface area contributed by atoms with Crippen LogP contribution in [0.4, 0.5) is 17.1 Å². The van der Waals surface area contributed by atoms with Crippen LogP contribution in [0.1, 0.15) is 74.2 Å². The maximum Gasteiger partial charge on any atom is 0.116 e. The van der Waals surface area contributed by atoms with Crippen molar-refractivity contribution in [2.24, 2.45) is 0 Å². The van der Waals surface area contributed by atoms with Gasteiger partial charge >= 0.3 is 0 Å². The average molecular weight is 692 g/mol. The minimum absolute atomic E-state index is 0.0162. The second kappa shape index (κ2) is 12.2. The second-order valence-electron chi connectivity index (χ2n) is 10.7. The molecule has 0 aromatic heterocycles. The van der Waals surface area contributed by atoms with Gasteiger partial charge in [-0.15, -0.1) is 0 Å². The van der Waals surface area contributed by atoms with E-state index >= 15 is 0 Å². The summed E-state index contributed by atoms with van der Waals surface area (Å²) in [5.41, 5.74) is -20.8. The van der Waals surface area contributed by atoms with Gasteiger partial charge in [-0.05, 0) is 109 Å². The second-order valence-corrected chi connectivity index (χ2v) is 10.7. The van der Waals surface area contributed by atoms with Crippen LogP contribution in [-0.4, -0.2) is 5.11 Å². The molecule has 8 aromatic carbocycles. The molecular weight excluding hydrogens is 619 g/mol. The molecule has 0 aliphatic heterocycles. The Morgan fingerprint density at radius 1 is 0.510 bits per heavy atom. The number of phenols is 1.